The van der Waals surface area contributed by atoms with E-state index in [0.717, 1.165) is 19.4 Å². The first kappa shape index (κ1) is 7.56. The van der Waals surface area contributed by atoms with Crippen LogP contribution in [0.25, 0.3) is 0 Å². The Bertz CT molecular complexity index is 138. The Morgan fingerprint density at radius 1 is 1.27 bits per heavy atom. The molecule has 0 aromatic carbocycles. The van der Waals surface area contributed by atoms with Crippen LogP contribution in [0.4, 0.5) is 0 Å². The fourth-order valence-corrected chi connectivity index (χ4v) is 2.06. The monoisotopic (exact) mass is 158 g/mol. The lowest BCUT2D eigenvalue weighted by atomic mass is 9.94. The van der Waals surface area contributed by atoms with Crippen LogP contribution in [-0.4, -0.2) is 18.5 Å². The van der Waals surface area contributed by atoms with Crippen molar-refractivity contribution < 1.29 is 10.9 Å². The summed E-state index contributed by atoms with van der Waals surface area (Å²) in [5.41, 5.74) is 0. The van der Waals surface area contributed by atoms with Crippen LogP contribution in [0.2, 0.25) is 0 Å². The molecule has 1 aliphatic heterocycles. The minimum absolute atomic E-state index is 0. The zero-order valence-corrected chi connectivity index (χ0v) is 7.14. The maximum Gasteiger partial charge on any atom is 0.168 e. The van der Waals surface area contributed by atoms with Gasteiger partial charge in [-0.15, -0.1) is 0 Å². The quantitative estimate of drug-likeness (QED) is 0.538. The highest BCUT2D eigenvalue weighted by Crippen LogP contribution is 2.37. The van der Waals surface area contributed by atoms with Gasteiger partial charge in [0.15, 0.2) is 5.79 Å². The first-order valence-electron chi connectivity index (χ1n) is 4.63. The molecule has 1 saturated carbocycles. The van der Waals surface area contributed by atoms with Gasteiger partial charge in [-0.05, 0) is 19.8 Å². The van der Waals surface area contributed by atoms with Crippen LogP contribution in [0.5, 0.6) is 0 Å². The molecular weight excluding hydrogens is 140 g/mol. The van der Waals surface area contributed by atoms with Gasteiger partial charge in [-0.3, -0.25) is 0 Å². The fraction of sp³-hybridized carbons (Fsp3) is 1.00. The zero-order valence-electron chi connectivity index (χ0n) is 7.14. The van der Waals surface area contributed by atoms with E-state index in [1.807, 2.05) is 0 Å². The molecular formula is C9H18O2. The normalized spacial score (nSPS) is 36.3. The molecule has 1 atom stereocenters. The van der Waals surface area contributed by atoms with E-state index in [0.29, 0.717) is 6.10 Å². The van der Waals surface area contributed by atoms with Crippen LogP contribution in [-0.2, 0) is 9.47 Å². The van der Waals surface area contributed by atoms with Crippen molar-refractivity contribution in [2.45, 2.75) is 50.9 Å². The molecule has 0 amide bonds. The van der Waals surface area contributed by atoms with Crippen molar-refractivity contribution >= 4 is 0 Å². The molecule has 2 fully saturated rings. The summed E-state index contributed by atoms with van der Waals surface area (Å²) in [7, 11) is 0. The molecule has 1 saturated heterocycles. The van der Waals surface area contributed by atoms with E-state index in [4.69, 9.17) is 9.47 Å². The van der Waals surface area contributed by atoms with E-state index < -0.39 is 0 Å². The average Bonchev–Trinajstić information content (AvgIpc) is 2.34. The Labute approximate surface area is 69.4 Å². The van der Waals surface area contributed by atoms with E-state index in [9.17, 15) is 0 Å². The van der Waals surface area contributed by atoms with Gasteiger partial charge in [0.25, 0.3) is 0 Å². The van der Waals surface area contributed by atoms with Gasteiger partial charge in [-0.2, -0.15) is 0 Å². The minimum atomic E-state index is -0.155. The Balaban J connectivity index is 0.000000720. The summed E-state index contributed by atoms with van der Waals surface area (Å²) in [4.78, 5) is 0. The predicted molar refractivity (Wildman–Crippen MR) is 44.4 cm³/mol. The molecule has 66 valence electrons. The second kappa shape index (κ2) is 2.76. The molecule has 2 rings (SSSR count). The van der Waals surface area contributed by atoms with Crippen LogP contribution in [0, 0.1) is 0 Å². The van der Waals surface area contributed by atoms with Gasteiger partial charge in [0.05, 0.1) is 12.7 Å². The predicted octanol–water partition coefficient (Wildman–Crippen LogP) is 2.33. The molecule has 11 heavy (non-hydrogen) atoms. The highest BCUT2D eigenvalue weighted by atomic mass is 16.7. The first-order chi connectivity index (χ1) is 5.31. The summed E-state index contributed by atoms with van der Waals surface area (Å²) < 4.78 is 11.4. The SMILES string of the molecule is CC1COC2(CCCCC2)O1.[HH]. The van der Waals surface area contributed by atoms with Crippen molar-refractivity contribution in [2.75, 3.05) is 6.61 Å². The summed E-state index contributed by atoms with van der Waals surface area (Å²) in [5, 5.41) is 0. The number of ether oxygens (including phenoxy) is 2. The maximum atomic E-state index is 5.77. The van der Waals surface area contributed by atoms with Crippen molar-refractivity contribution in [2.24, 2.45) is 0 Å². The van der Waals surface area contributed by atoms with Gasteiger partial charge in [-0.1, -0.05) is 6.42 Å². The van der Waals surface area contributed by atoms with Gasteiger partial charge in [-0.25, -0.2) is 0 Å². The van der Waals surface area contributed by atoms with Crippen LogP contribution >= 0.6 is 0 Å². The molecule has 0 bridgehead atoms. The minimum Gasteiger partial charge on any atom is -0.347 e. The van der Waals surface area contributed by atoms with E-state index in [1.54, 1.807) is 0 Å². The standard InChI is InChI=1S/C9H16O2.H2/c1-8-7-10-9(11-8)5-3-2-4-6-9;/h8H,2-7H2,1H3;1H. The van der Waals surface area contributed by atoms with E-state index >= 15 is 0 Å². The number of rotatable bonds is 0. The van der Waals surface area contributed by atoms with E-state index in [1.165, 1.54) is 19.3 Å². The van der Waals surface area contributed by atoms with Gasteiger partial charge < -0.3 is 9.47 Å². The van der Waals surface area contributed by atoms with E-state index in [-0.39, 0.29) is 7.21 Å². The Morgan fingerprint density at radius 3 is 2.55 bits per heavy atom. The largest absolute Gasteiger partial charge is 0.347 e. The molecule has 2 aliphatic rings. The molecule has 1 unspecified atom stereocenters. The lowest BCUT2D eigenvalue weighted by Gasteiger charge is -2.31. The fourth-order valence-electron chi connectivity index (χ4n) is 2.06. The highest BCUT2D eigenvalue weighted by molar-refractivity contribution is 4.80. The second-order valence-electron chi connectivity index (χ2n) is 3.71. The summed E-state index contributed by atoms with van der Waals surface area (Å²) in [6.45, 7) is 2.88. The summed E-state index contributed by atoms with van der Waals surface area (Å²) >= 11 is 0. The van der Waals surface area contributed by atoms with Crippen molar-refractivity contribution in [1.29, 1.82) is 0 Å². The number of hydrogen-bond donors (Lipinski definition) is 0. The Morgan fingerprint density at radius 2 is 2.00 bits per heavy atom. The zero-order chi connectivity index (χ0) is 7.73. The Kier molecular flexibility index (Phi) is 1.90. The summed E-state index contributed by atoms with van der Waals surface area (Å²) in [6.07, 6.45) is 6.42. The van der Waals surface area contributed by atoms with E-state index in [2.05, 4.69) is 6.92 Å². The topological polar surface area (TPSA) is 18.5 Å². The van der Waals surface area contributed by atoms with Crippen LogP contribution < -0.4 is 0 Å². The molecule has 2 heteroatoms. The molecule has 1 aliphatic carbocycles. The van der Waals surface area contributed by atoms with Crippen molar-refractivity contribution in [3.8, 4) is 0 Å². The highest BCUT2D eigenvalue weighted by Gasteiger charge is 2.40. The summed E-state index contributed by atoms with van der Waals surface area (Å²) in [6, 6.07) is 0. The molecule has 0 N–H and O–H groups in total. The van der Waals surface area contributed by atoms with Crippen LogP contribution in [0.3, 0.4) is 0 Å². The third kappa shape index (κ3) is 1.42. The van der Waals surface area contributed by atoms with Crippen LogP contribution in [0.1, 0.15) is 40.5 Å². The maximum absolute atomic E-state index is 5.77. The van der Waals surface area contributed by atoms with Gasteiger partial charge in [0, 0.05) is 14.3 Å². The second-order valence-corrected chi connectivity index (χ2v) is 3.71. The molecule has 0 radical (unpaired) electrons. The lowest BCUT2D eigenvalue weighted by Crippen LogP contribution is -2.32. The third-order valence-electron chi connectivity index (χ3n) is 2.61. The summed E-state index contributed by atoms with van der Waals surface area (Å²) in [5.74, 6) is -0.155. The molecule has 1 heterocycles. The smallest absolute Gasteiger partial charge is 0.168 e. The molecule has 2 nitrogen and oxygen atoms in total. The van der Waals surface area contributed by atoms with Crippen LogP contribution in [0.15, 0.2) is 0 Å². The van der Waals surface area contributed by atoms with Gasteiger partial charge in [0.2, 0.25) is 0 Å². The molecule has 0 aromatic rings. The first-order valence-corrected chi connectivity index (χ1v) is 4.63. The number of hydrogen-bond acceptors (Lipinski definition) is 2. The van der Waals surface area contributed by atoms with Crippen molar-refractivity contribution in [1.82, 2.24) is 0 Å². The van der Waals surface area contributed by atoms with Gasteiger partial charge >= 0.3 is 0 Å². The van der Waals surface area contributed by atoms with Crippen molar-refractivity contribution in [3.05, 3.63) is 0 Å². The van der Waals surface area contributed by atoms with Crippen molar-refractivity contribution in [3.63, 3.8) is 0 Å². The molecule has 0 aromatic heterocycles. The van der Waals surface area contributed by atoms with Gasteiger partial charge in [0.1, 0.15) is 0 Å². The average molecular weight is 158 g/mol. The Hall–Kier alpha value is -0.0800. The molecule has 1 spiro atoms. The third-order valence-corrected chi connectivity index (χ3v) is 2.61. The lowest BCUT2D eigenvalue weighted by molar-refractivity contribution is -0.185.